The number of hydrogen-bond acceptors (Lipinski definition) is 5. The summed E-state index contributed by atoms with van der Waals surface area (Å²) in [7, 11) is 0. The topological polar surface area (TPSA) is 79.2 Å². The fraction of sp³-hybridized carbons (Fsp3) is 0.333. The van der Waals surface area contributed by atoms with Gasteiger partial charge in [0.1, 0.15) is 12.1 Å². The van der Waals surface area contributed by atoms with E-state index in [4.69, 9.17) is 0 Å². The van der Waals surface area contributed by atoms with E-state index < -0.39 is 0 Å². The van der Waals surface area contributed by atoms with Crippen LogP contribution in [0.5, 0.6) is 0 Å². The van der Waals surface area contributed by atoms with Gasteiger partial charge in [0.05, 0.1) is 5.69 Å². The average molecular weight is 391 g/mol. The molecule has 0 spiro atoms. The number of nitrogens with one attached hydrogen (secondary N) is 1. The molecule has 3 aromatic rings. The average Bonchev–Trinajstić information content (AvgIpc) is 3.21. The highest BCUT2D eigenvalue weighted by atomic mass is 16.2. The van der Waals surface area contributed by atoms with Crippen LogP contribution < -0.4 is 10.2 Å². The number of piperazine rings is 1. The van der Waals surface area contributed by atoms with Crippen LogP contribution in [0.25, 0.3) is 5.82 Å². The molecule has 1 N–H and O–H groups in total. The van der Waals surface area contributed by atoms with Gasteiger partial charge in [-0.25, -0.2) is 19.4 Å². The fourth-order valence-electron chi connectivity index (χ4n) is 3.34. The summed E-state index contributed by atoms with van der Waals surface area (Å²) in [6.45, 7) is 6.77. The number of carbonyl (C=O) groups excluding carboxylic acids is 1. The van der Waals surface area contributed by atoms with Gasteiger partial charge in [0.15, 0.2) is 5.82 Å². The Morgan fingerprint density at radius 2 is 1.76 bits per heavy atom. The molecule has 1 aliphatic heterocycles. The summed E-state index contributed by atoms with van der Waals surface area (Å²) in [6, 6.07) is 11.8. The van der Waals surface area contributed by atoms with E-state index in [1.807, 2.05) is 54.4 Å². The van der Waals surface area contributed by atoms with Gasteiger partial charge in [-0.1, -0.05) is 19.1 Å². The van der Waals surface area contributed by atoms with Crippen LogP contribution in [0.2, 0.25) is 0 Å². The molecule has 1 aliphatic rings. The highest BCUT2D eigenvalue weighted by Gasteiger charge is 2.22. The summed E-state index contributed by atoms with van der Waals surface area (Å²) in [5.41, 5.74) is 3.02. The quantitative estimate of drug-likeness (QED) is 0.740. The number of benzene rings is 1. The van der Waals surface area contributed by atoms with Crippen molar-refractivity contribution in [2.45, 2.75) is 20.3 Å². The van der Waals surface area contributed by atoms with Crippen LogP contribution >= 0.6 is 0 Å². The van der Waals surface area contributed by atoms with Crippen molar-refractivity contribution in [2.75, 3.05) is 36.4 Å². The van der Waals surface area contributed by atoms with Gasteiger partial charge < -0.3 is 15.1 Å². The normalized spacial score (nSPS) is 14.1. The van der Waals surface area contributed by atoms with Gasteiger partial charge in [-0.2, -0.15) is 5.10 Å². The second-order valence-electron chi connectivity index (χ2n) is 7.09. The van der Waals surface area contributed by atoms with Gasteiger partial charge in [0.25, 0.3) is 0 Å². The number of nitrogens with zero attached hydrogens (tertiary/aromatic N) is 6. The lowest BCUT2D eigenvalue weighted by atomic mass is 10.1. The minimum absolute atomic E-state index is 0.0655. The van der Waals surface area contributed by atoms with Crippen molar-refractivity contribution < 1.29 is 4.79 Å². The Hall–Kier alpha value is -3.42. The highest BCUT2D eigenvalue weighted by Crippen LogP contribution is 2.17. The second-order valence-corrected chi connectivity index (χ2v) is 7.09. The molecule has 0 unspecified atom stereocenters. The first-order valence-corrected chi connectivity index (χ1v) is 9.87. The summed E-state index contributed by atoms with van der Waals surface area (Å²) in [4.78, 5) is 25.3. The highest BCUT2D eigenvalue weighted by molar-refractivity contribution is 5.89. The lowest BCUT2D eigenvalue weighted by Gasteiger charge is -2.35. The molecular formula is C21H25N7O. The third-order valence-electron chi connectivity index (χ3n) is 5.10. The van der Waals surface area contributed by atoms with E-state index in [9.17, 15) is 4.79 Å². The summed E-state index contributed by atoms with van der Waals surface area (Å²) in [5, 5.41) is 7.38. The van der Waals surface area contributed by atoms with Gasteiger partial charge in [0.2, 0.25) is 0 Å². The molecule has 2 amide bonds. The molecule has 0 saturated carbocycles. The van der Waals surface area contributed by atoms with E-state index in [2.05, 4.69) is 32.2 Å². The first-order chi connectivity index (χ1) is 14.1. The molecule has 1 fully saturated rings. The smallest absolute Gasteiger partial charge is 0.321 e. The van der Waals surface area contributed by atoms with Crippen molar-refractivity contribution in [1.82, 2.24) is 24.6 Å². The Kier molecular flexibility index (Phi) is 5.41. The number of urea groups is 1. The van der Waals surface area contributed by atoms with Crippen molar-refractivity contribution in [2.24, 2.45) is 0 Å². The number of anilines is 2. The molecule has 8 heteroatoms. The molecule has 0 aliphatic carbocycles. The lowest BCUT2D eigenvalue weighted by Crippen LogP contribution is -2.50. The third kappa shape index (κ3) is 4.37. The fourth-order valence-corrected chi connectivity index (χ4v) is 3.34. The Morgan fingerprint density at radius 3 is 2.41 bits per heavy atom. The van der Waals surface area contributed by atoms with Crippen LogP contribution in [0.3, 0.4) is 0 Å². The van der Waals surface area contributed by atoms with E-state index >= 15 is 0 Å². The Balaban J connectivity index is 1.36. The predicted octanol–water partition coefficient (Wildman–Crippen LogP) is 2.89. The summed E-state index contributed by atoms with van der Waals surface area (Å²) >= 11 is 0. The van der Waals surface area contributed by atoms with Crippen molar-refractivity contribution in [3.05, 3.63) is 60.2 Å². The first-order valence-electron chi connectivity index (χ1n) is 9.87. The van der Waals surface area contributed by atoms with Crippen molar-refractivity contribution >= 4 is 17.5 Å². The Morgan fingerprint density at radius 1 is 1.03 bits per heavy atom. The van der Waals surface area contributed by atoms with Gasteiger partial charge in [-0.3, -0.25) is 0 Å². The first kappa shape index (κ1) is 18.9. The number of rotatable bonds is 4. The molecule has 0 radical (unpaired) electrons. The van der Waals surface area contributed by atoms with E-state index in [0.717, 1.165) is 42.5 Å². The lowest BCUT2D eigenvalue weighted by molar-refractivity contribution is 0.208. The number of aromatic nitrogens is 4. The van der Waals surface area contributed by atoms with Gasteiger partial charge >= 0.3 is 6.03 Å². The summed E-state index contributed by atoms with van der Waals surface area (Å²) < 4.78 is 1.74. The van der Waals surface area contributed by atoms with Gasteiger partial charge in [-0.05, 0) is 37.1 Å². The number of aryl methyl sites for hydroxylation is 2. The van der Waals surface area contributed by atoms with Crippen molar-refractivity contribution in [1.29, 1.82) is 0 Å². The summed E-state index contributed by atoms with van der Waals surface area (Å²) in [5.74, 6) is 1.58. The molecule has 1 aromatic carbocycles. The van der Waals surface area contributed by atoms with Crippen LogP contribution in [0.15, 0.2) is 48.9 Å². The van der Waals surface area contributed by atoms with Crippen LogP contribution in [0, 0.1) is 6.92 Å². The number of amides is 2. The minimum atomic E-state index is -0.0655. The largest absolute Gasteiger partial charge is 0.353 e. The van der Waals surface area contributed by atoms with E-state index in [-0.39, 0.29) is 6.03 Å². The zero-order chi connectivity index (χ0) is 20.2. The predicted molar refractivity (Wildman–Crippen MR) is 113 cm³/mol. The zero-order valence-electron chi connectivity index (χ0n) is 16.7. The molecule has 4 rings (SSSR count). The maximum atomic E-state index is 12.6. The van der Waals surface area contributed by atoms with Crippen LogP contribution in [0.4, 0.5) is 16.3 Å². The molecule has 150 valence electrons. The summed E-state index contributed by atoms with van der Waals surface area (Å²) in [6.07, 6.45) is 4.43. The molecule has 2 aromatic heterocycles. The zero-order valence-corrected chi connectivity index (χ0v) is 16.7. The SMILES string of the molecule is CCc1ccc(NC(=O)N2CCN(c3cc(-n4ccc(C)n4)ncn3)CC2)cc1. The van der Waals surface area contributed by atoms with Gasteiger partial charge in [-0.15, -0.1) is 0 Å². The van der Waals surface area contributed by atoms with Crippen LogP contribution in [-0.4, -0.2) is 56.9 Å². The van der Waals surface area contributed by atoms with Gasteiger partial charge in [0, 0.05) is 44.1 Å². The molecule has 8 nitrogen and oxygen atoms in total. The third-order valence-corrected chi connectivity index (χ3v) is 5.10. The molecular weight excluding hydrogens is 366 g/mol. The maximum Gasteiger partial charge on any atom is 0.321 e. The van der Waals surface area contributed by atoms with Crippen molar-refractivity contribution in [3.63, 3.8) is 0 Å². The monoisotopic (exact) mass is 391 g/mol. The number of carbonyl (C=O) groups is 1. The number of hydrogen-bond donors (Lipinski definition) is 1. The van der Waals surface area contributed by atoms with Crippen molar-refractivity contribution in [3.8, 4) is 5.82 Å². The molecule has 1 saturated heterocycles. The Labute approximate surface area is 170 Å². The Bertz CT molecular complexity index is 975. The maximum absolute atomic E-state index is 12.6. The minimum Gasteiger partial charge on any atom is -0.353 e. The van der Waals surface area contributed by atoms with E-state index in [1.54, 1.807) is 11.0 Å². The van der Waals surface area contributed by atoms with E-state index in [1.165, 1.54) is 5.56 Å². The standard InChI is InChI=1S/C21H25N7O/c1-3-17-4-6-18(7-5-17)24-21(29)27-12-10-26(11-13-27)19-14-20(23-15-22-19)28-9-8-16(2)25-28/h4-9,14-15H,3,10-13H2,1-2H3,(H,24,29). The van der Waals surface area contributed by atoms with Crippen LogP contribution in [0.1, 0.15) is 18.2 Å². The molecule has 0 atom stereocenters. The molecule has 0 bridgehead atoms. The molecule has 29 heavy (non-hydrogen) atoms. The van der Waals surface area contributed by atoms with Crippen LogP contribution in [-0.2, 0) is 6.42 Å². The van der Waals surface area contributed by atoms with E-state index in [0.29, 0.717) is 13.1 Å². The molecule has 3 heterocycles. The second kappa shape index (κ2) is 8.30.